The van der Waals surface area contributed by atoms with Crippen molar-refractivity contribution in [3.05, 3.63) is 59.9 Å². The molecule has 1 aliphatic rings. The fourth-order valence-electron chi connectivity index (χ4n) is 3.61. The van der Waals surface area contributed by atoms with Crippen LogP contribution in [0.4, 0.5) is 19.0 Å². The second-order valence-corrected chi connectivity index (χ2v) is 7.80. The van der Waals surface area contributed by atoms with Gasteiger partial charge in [-0.15, -0.1) is 0 Å². The van der Waals surface area contributed by atoms with E-state index in [9.17, 15) is 18.0 Å². The topological polar surface area (TPSA) is 99.5 Å². The standard InChI is InChI=1S/C21H25N5O.C2HF3O2/c1-16-14-26(19-5-3-2-4-18(16)19)15-21(27)24-13-17-6-7-23-20(12-17)25-10-8-22-9-11-25;3-2(4,5)1(6)7/h2-7,12,14,22H,8-11,13,15H2,1H3,(H,24,27);(H,6,7). The van der Waals surface area contributed by atoms with Gasteiger partial charge in [-0.1, -0.05) is 18.2 Å². The molecule has 1 saturated heterocycles. The number of nitrogens with one attached hydrogen (secondary N) is 2. The summed E-state index contributed by atoms with van der Waals surface area (Å²) in [6.07, 6.45) is -1.22. The minimum absolute atomic E-state index is 0.0105. The lowest BCUT2D eigenvalue weighted by Gasteiger charge is -2.28. The van der Waals surface area contributed by atoms with E-state index in [1.165, 1.54) is 10.9 Å². The smallest absolute Gasteiger partial charge is 0.475 e. The van der Waals surface area contributed by atoms with Gasteiger partial charge in [-0.25, -0.2) is 9.78 Å². The number of aryl methyl sites for hydroxylation is 1. The number of piperazine rings is 1. The van der Waals surface area contributed by atoms with Crippen molar-refractivity contribution in [2.45, 2.75) is 26.2 Å². The second kappa shape index (κ2) is 11.0. The third-order valence-corrected chi connectivity index (χ3v) is 5.28. The highest BCUT2D eigenvalue weighted by Gasteiger charge is 2.38. The molecule has 0 aliphatic carbocycles. The zero-order chi connectivity index (χ0) is 24.7. The lowest BCUT2D eigenvalue weighted by Crippen LogP contribution is -2.43. The Morgan fingerprint density at radius 3 is 2.53 bits per heavy atom. The summed E-state index contributed by atoms with van der Waals surface area (Å²) < 4.78 is 33.7. The third kappa shape index (κ3) is 6.70. The summed E-state index contributed by atoms with van der Waals surface area (Å²) in [7, 11) is 0. The minimum Gasteiger partial charge on any atom is -0.475 e. The van der Waals surface area contributed by atoms with Crippen molar-refractivity contribution in [3.63, 3.8) is 0 Å². The van der Waals surface area contributed by atoms with Gasteiger partial charge in [0.25, 0.3) is 0 Å². The fourth-order valence-corrected chi connectivity index (χ4v) is 3.61. The van der Waals surface area contributed by atoms with Crippen LogP contribution in [0.3, 0.4) is 0 Å². The van der Waals surface area contributed by atoms with E-state index in [2.05, 4.69) is 45.6 Å². The maximum atomic E-state index is 12.5. The zero-order valence-electron chi connectivity index (χ0n) is 18.6. The Morgan fingerprint density at radius 1 is 1.18 bits per heavy atom. The molecule has 1 aliphatic heterocycles. The third-order valence-electron chi connectivity index (χ3n) is 5.28. The van der Waals surface area contributed by atoms with Crippen LogP contribution in [0.2, 0.25) is 0 Å². The molecule has 182 valence electrons. The van der Waals surface area contributed by atoms with Crippen LogP contribution < -0.4 is 15.5 Å². The molecule has 34 heavy (non-hydrogen) atoms. The van der Waals surface area contributed by atoms with Crippen molar-refractivity contribution in [2.75, 3.05) is 31.1 Å². The van der Waals surface area contributed by atoms with Crippen molar-refractivity contribution in [1.82, 2.24) is 20.2 Å². The highest BCUT2D eigenvalue weighted by molar-refractivity contribution is 5.86. The van der Waals surface area contributed by atoms with E-state index in [0.29, 0.717) is 13.1 Å². The number of halogens is 3. The molecule has 2 aromatic heterocycles. The molecule has 3 aromatic rings. The van der Waals surface area contributed by atoms with Crippen LogP contribution in [0.25, 0.3) is 10.9 Å². The molecule has 0 spiro atoms. The first kappa shape index (κ1) is 25.0. The molecular weight excluding hydrogens is 451 g/mol. The van der Waals surface area contributed by atoms with E-state index >= 15 is 0 Å². The van der Waals surface area contributed by atoms with Crippen LogP contribution in [-0.4, -0.2) is 58.9 Å². The predicted octanol–water partition coefficient (Wildman–Crippen LogP) is 2.70. The van der Waals surface area contributed by atoms with Crippen molar-refractivity contribution >= 4 is 28.6 Å². The van der Waals surface area contributed by atoms with Crippen molar-refractivity contribution < 1.29 is 27.9 Å². The van der Waals surface area contributed by atoms with Crippen LogP contribution in [-0.2, 0) is 22.7 Å². The summed E-state index contributed by atoms with van der Waals surface area (Å²) >= 11 is 0. The number of hydrogen-bond donors (Lipinski definition) is 3. The van der Waals surface area contributed by atoms with Gasteiger partial charge in [0.15, 0.2) is 0 Å². The molecule has 11 heteroatoms. The summed E-state index contributed by atoms with van der Waals surface area (Å²) in [6.45, 7) is 6.79. The number of carboxylic acids is 1. The molecule has 3 heterocycles. The summed E-state index contributed by atoms with van der Waals surface area (Å²) in [5, 5.41) is 14.7. The van der Waals surface area contributed by atoms with Crippen LogP contribution in [0, 0.1) is 6.92 Å². The van der Waals surface area contributed by atoms with Crippen LogP contribution in [0.15, 0.2) is 48.8 Å². The highest BCUT2D eigenvalue weighted by Crippen LogP contribution is 2.20. The number of aliphatic carboxylic acids is 1. The number of carbonyl (C=O) groups excluding carboxylic acids is 1. The van der Waals surface area contributed by atoms with Crippen molar-refractivity contribution in [2.24, 2.45) is 0 Å². The molecule has 0 saturated carbocycles. The largest absolute Gasteiger partial charge is 0.490 e. The number of amides is 1. The number of anilines is 1. The van der Waals surface area contributed by atoms with E-state index < -0.39 is 12.1 Å². The lowest BCUT2D eigenvalue weighted by molar-refractivity contribution is -0.192. The average Bonchev–Trinajstić information content (AvgIpc) is 3.13. The van der Waals surface area contributed by atoms with Gasteiger partial charge in [0.1, 0.15) is 12.4 Å². The highest BCUT2D eigenvalue weighted by atomic mass is 19.4. The Balaban J connectivity index is 0.000000406. The molecule has 1 amide bonds. The normalized spacial score (nSPS) is 13.8. The van der Waals surface area contributed by atoms with Gasteiger partial charge >= 0.3 is 12.1 Å². The van der Waals surface area contributed by atoms with E-state index in [0.717, 1.165) is 43.1 Å². The van der Waals surface area contributed by atoms with Gasteiger partial charge < -0.3 is 25.2 Å². The number of hydrogen-bond acceptors (Lipinski definition) is 5. The van der Waals surface area contributed by atoms with Gasteiger partial charge in [0.2, 0.25) is 5.91 Å². The number of benzene rings is 1. The fraction of sp³-hybridized carbons (Fsp3) is 0.348. The maximum Gasteiger partial charge on any atom is 0.490 e. The molecule has 1 aromatic carbocycles. The second-order valence-electron chi connectivity index (χ2n) is 7.80. The summed E-state index contributed by atoms with van der Waals surface area (Å²) in [4.78, 5) is 28.1. The van der Waals surface area contributed by atoms with Gasteiger partial charge in [0.05, 0.1) is 0 Å². The zero-order valence-corrected chi connectivity index (χ0v) is 18.6. The first-order chi connectivity index (χ1) is 16.1. The quantitative estimate of drug-likeness (QED) is 0.523. The van der Waals surface area contributed by atoms with E-state index in [1.807, 2.05) is 35.2 Å². The van der Waals surface area contributed by atoms with Gasteiger partial charge in [-0.05, 0) is 36.2 Å². The average molecular weight is 477 g/mol. The Labute approximate surface area is 194 Å². The van der Waals surface area contributed by atoms with Crippen molar-refractivity contribution in [3.8, 4) is 0 Å². The molecule has 0 unspecified atom stereocenters. The molecule has 8 nitrogen and oxygen atoms in total. The van der Waals surface area contributed by atoms with E-state index in [-0.39, 0.29) is 5.91 Å². The van der Waals surface area contributed by atoms with Crippen LogP contribution in [0.1, 0.15) is 11.1 Å². The van der Waals surface area contributed by atoms with Gasteiger partial charge in [0, 0.05) is 56.0 Å². The first-order valence-electron chi connectivity index (χ1n) is 10.7. The molecule has 0 radical (unpaired) electrons. The number of rotatable bonds is 5. The number of carboxylic acid groups (broad SMARTS) is 1. The lowest BCUT2D eigenvalue weighted by atomic mass is 10.2. The summed E-state index contributed by atoms with van der Waals surface area (Å²) in [6, 6.07) is 12.2. The Hall–Kier alpha value is -3.60. The van der Waals surface area contributed by atoms with Crippen molar-refractivity contribution in [1.29, 1.82) is 0 Å². The molecule has 1 fully saturated rings. The number of pyridine rings is 1. The molecule has 4 rings (SSSR count). The number of carbonyl (C=O) groups is 2. The molecule has 0 bridgehead atoms. The van der Waals surface area contributed by atoms with Gasteiger partial charge in [-0.2, -0.15) is 13.2 Å². The summed E-state index contributed by atoms with van der Waals surface area (Å²) in [5.41, 5.74) is 3.35. The van der Waals surface area contributed by atoms with Gasteiger partial charge in [-0.3, -0.25) is 4.79 Å². The minimum atomic E-state index is -5.08. The molecule has 0 atom stereocenters. The number of aromatic nitrogens is 2. The molecular formula is C23H26F3N5O3. The number of fused-ring (bicyclic) bond motifs is 1. The van der Waals surface area contributed by atoms with E-state index in [1.54, 1.807) is 0 Å². The number of alkyl halides is 3. The Kier molecular flexibility index (Phi) is 8.11. The SMILES string of the molecule is Cc1cn(CC(=O)NCc2ccnc(N3CCNCC3)c2)c2ccccc12.O=C(O)C(F)(F)F. The Bertz CT molecular complexity index is 1140. The van der Waals surface area contributed by atoms with Crippen LogP contribution in [0.5, 0.6) is 0 Å². The monoisotopic (exact) mass is 477 g/mol. The summed E-state index contributed by atoms with van der Waals surface area (Å²) in [5.74, 6) is -1.76. The van der Waals surface area contributed by atoms with Crippen LogP contribution >= 0.6 is 0 Å². The number of para-hydroxylation sites is 1. The number of nitrogens with zero attached hydrogens (tertiary/aromatic N) is 3. The molecule has 3 N–H and O–H groups in total. The first-order valence-corrected chi connectivity index (χ1v) is 10.7. The predicted molar refractivity (Wildman–Crippen MR) is 122 cm³/mol. The van der Waals surface area contributed by atoms with E-state index in [4.69, 9.17) is 9.90 Å². The Morgan fingerprint density at radius 2 is 1.85 bits per heavy atom. The maximum absolute atomic E-state index is 12.5.